The third kappa shape index (κ3) is 2.95. The van der Waals surface area contributed by atoms with Crippen LogP contribution in [0.3, 0.4) is 0 Å². The first-order valence-corrected chi connectivity index (χ1v) is 6.04. The number of hydrogen-bond acceptors (Lipinski definition) is 5. The highest BCUT2D eigenvalue weighted by molar-refractivity contribution is 5.69. The third-order valence-electron chi connectivity index (χ3n) is 2.76. The van der Waals surface area contributed by atoms with Gasteiger partial charge in [0, 0.05) is 12.7 Å². The monoisotopic (exact) mass is 252 g/mol. The number of nitrogens with zero attached hydrogens (tertiary/aromatic N) is 2. The van der Waals surface area contributed by atoms with Crippen LogP contribution >= 0.6 is 0 Å². The van der Waals surface area contributed by atoms with E-state index in [-0.39, 0.29) is 18.2 Å². The molecular weight excluding hydrogens is 236 g/mol. The summed E-state index contributed by atoms with van der Waals surface area (Å²) in [5.41, 5.74) is 0.376. The Morgan fingerprint density at radius 2 is 2.50 bits per heavy atom. The van der Waals surface area contributed by atoms with Gasteiger partial charge in [-0.1, -0.05) is 0 Å². The summed E-state index contributed by atoms with van der Waals surface area (Å²) in [5.74, 6) is -0.439. The highest BCUT2D eigenvalue weighted by Gasteiger charge is 2.19. The maximum absolute atomic E-state index is 11.8. The van der Waals surface area contributed by atoms with Gasteiger partial charge in [0.15, 0.2) is 0 Å². The Morgan fingerprint density at radius 1 is 1.67 bits per heavy atom. The van der Waals surface area contributed by atoms with E-state index in [0.29, 0.717) is 18.9 Å². The van der Waals surface area contributed by atoms with Crippen LogP contribution in [-0.2, 0) is 20.8 Å². The Balaban J connectivity index is 2.10. The second-order valence-electron chi connectivity index (χ2n) is 4.09. The van der Waals surface area contributed by atoms with Crippen LogP contribution in [0.25, 0.3) is 0 Å². The fourth-order valence-corrected chi connectivity index (χ4v) is 1.89. The number of carbonyl (C=O) groups is 1. The van der Waals surface area contributed by atoms with E-state index in [1.165, 1.54) is 17.0 Å². The Hall–Kier alpha value is -1.69. The highest BCUT2D eigenvalue weighted by atomic mass is 16.5. The zero-order chi connectivity index (χ0) is 13.0. The molecule has 1 atom stereocenters. The summed E-state index contributed by atoms with van der Waals surface area (Å²) < 4.78 is 11.5. The van der Waals surface area contributed by atoms with Crippen molar-refractivity contribution in [1.29, 1.82) is 0 Å². The van der Waals surface area contributed by atoms with Gasteiger partial charge in [0.1, 0.15) is 6.54 Å². The van der Waals surface area contributed by atoms with Gasteiger partial charge in [-0.3, -0.25) is 14.2 Å². The van der Waals surface area contributed by atoms with Gasteiger partial charge in [-0.25, -0.2) is 4.98 Å². The maximum Gasteiger partial charge on any atom is 0.326 e. The Morgan fingerprint density at radius 3 is 3.11 bits per heavy atom. The van der Waals surface area contributed by atoms with Crippen molar-refractivity contribution in [2.45, 2.75) is 32.4 Å². The van der Waals surface area contributed by atoms with E-state index in [9.17, 15) is 9.59 Å². The topological polar surface area (TPSA) is 70.4 Å². The van der Waals surface area contributed by atoms with Gasteiger partial charge in [-0.2, -0.15) is 0 Å². The minimum atomic E-state index is -0.439. The smallest absolute Gasteiger partial charge is 0.326 e. The second kappa shape index (κ2) is 5.77. The molecule has 1 aromatic heterocycles. The molecular formula is C12H16N2O4. The molecule has 0 amide bonds. The third-order valence-corrected chi connectivity index (χ3v) is 2.76. The van der Waals surface area contributed by atoms with Gasteiger partial charge < -0.3 is 9.47 Å². The number of ether oxygens (including phenoxy) is 2. The molecule has 0 aliphatic carbocycles. The van der Waals surface area contributed by atoms with Crippen molar-refractivity contribution in [3.63, 3.8) is 0 Å². The summed E-state index contributed by atoms with van der Waals surface area (Å²) in [6, 6.07) is 1.43. The zero-order valence-corrected chi connectivity index (χ0v) is 10.3. The van der Waals surface area contributed by atoms with Gasteiger partial charge in [-0.05, 0) is 19.8 Å². The fraction of sp³-hybridized carbons (Fsp3) is 0.583. The molecule has 6 heteroatoms. The lowest BCUT2D eigenvalue weighted by Gasteiger charge is -2.10. The predicted octanol–water partition coefficient (Wildman–Crippen LogP) is 0.658. The SMILES string of the molecule is CCOC(=O)Cn1cnc(C2CCCO2)cc1=O. The van der Waals surface area contributed by atoms with Crippen LogP contribution in [0.5, 0.6) is 0 Å². The van der Waals surface area contributed by atoms with E-state index in [4.69, 9.17) is 9.47 Å². The molecule has 1 fully saturated rings. The summed E-state index contributed by atoms with van der Waals surface area (Å²) in [6.45, 7) is 2.62. The average molecular weight is 252 g/mol. The quantitative estimate of drug-likeness (QED) is 0.736. The van der Waals surface area contributed by atoms with Crippen molar-refractivity contribution in [1.82, 2.24) is 9.55 Å². The average Bonchev–Trinajstić information content (AvgIpc) is 2.85. The number of esters is 1. The maximum atomic E-state index is 11.8. The van der Waals surface area contributed by atoms with E-state index < -0.39 is 5.97 Å². The fourth-order valence-electron chi connectivity index (χ4n) is 1.89. The minimum Gasteiger partial charge on any atom is -0.465 e. The van der Waals surface area contributed by atoms with Crippen LogP contribution < -0.4 is 5.56 Å². The standard InChI is InChI=1S/C12H16N2O4/c1-2-17-12(16)7-14-8-13-9(6-11(14)15)10-4-3-5-18-10/h6,8,10H,2-5,7H2,1H3. The summed E-state index contributed by atoms with van der Waals surface area (Å²) in [4.78, 5) is 27.2. The number of carbonyl (C=O) groups excluding carboxylic acids is 1. The highest BCUT2D eigenvalue weighted by Crippen LogP contribution is 2.25. The van der Waals surface area contributed by atoms with Crippen molar-refractivity contribution < 1.29 is 14.3 Å². The summed E-state index contributed by atoms with van der Waals surface area (Å²) >= 11 is 0. The molecule has 6 nitrogen and oxygen atoms in total. The van der Waals surface area contributed by atoms with Crippen molar-refractivity contribution in [3.8, 4) is 0 Å². The van der Waals surface area contributed by atoms with Crippen LogP contribution in [0.15, 0.2) is 17.2 Å². The molecule has 1 unspecified atom stereocenters. The molecule has 98 valence electrons. The molecule has 18 heavy (non-hydrogen) atoms. The molecule has 1 aromatic rings. The van der Waals surface area contributed by atoms with Crippen LogP contribution in [-0.4, -0.2) is 28.7 Å². The Bertz CT molecular complexity index is 477. The molecule has 0 bridgehead atoms. The molecule has 0 saturated carbocycles. The molecule has 0 radical (unpaired) electrons. The number of hydrogen-bond donors (Lipinski definition) is 0. The number of aromatic nitrogens is 2. The lowest BCUT2D eigenvalue weighted by Crippen LogP contribution is -2.26. The molecule has 0 aromatic carbocycles. The van der Waals surface area contributed by atoms with Gasteiger partial charge in [0.2, 0.25) is 0 Å². The van der Waals surface area contributed by atoms with Gasteiger partial charge >= 0.3 is 5.97 Å². The molecule has 2 heterocycles. The van der Waals surface area contributed by atoms with Crippen molar-refractivity contribution in [2.75, 3.05) is 13.2 Å². The number of rotatable bonds is 4. The summed E-state index contributed by atoms with van der Waals surface area (Å²) in [5, 5.41) is 0. The van der Waals surface area contributed by atoms with Crippen molar-refractivity contribution >= 4 is 5.97 Å². The summed E-state index contributed by atoms with van der Waals surface area (Å²) in [7, 11) is 0. The lowest BCUT2D eigenvalue weighted by molar-refractivity contribution is -0.143. The van der Waals surface area contributed by atoms with Gasteiger partial charge in [0.25, 0.3) is 5.56 Å². The van der Waals surface area contributed by atoms with Crippen LogP contribution in [0.1, 0.15) is 31.6 Å². The van der Waals surface area contributed by atoms with E-state index in [1.807, 2.05) is 0 Å². The molecule has 2 rings (SSSR count). The van der Waals surface area contributed by atoms with Gasteiger partial charge in [0.05, 0.1) is 24.7 Å². The molecule has 0 N–H and O–H groups in total. The first-order valence-electron chi connectivity index (χ1n) is 6.04. The van der Waals surface area contributed by atoms with E-state index >= 15 is 0 Å². The van der Waals surface area contributed by atoms with Crippen LogP contribution in [0.4, 0.5) is 0 Å². The molecule has 1 aliphatic rings. The van der Waals surface area contributed by atoms with E-state index in [1.54, 1.807) is 6.92 Å². The second-order valence-corrected chi connectivity index (χ2v) is 4.09. The minimum absolute atomic E-state index is 0.0880. The Labute approximate surface area is 105 Å². The summed E-state index contributed by atoms with van der Waals surface area (Å²) in [6.07, 6.45) is 3.15. The Kier molecular flexibility index (Phi) is 4.09. The molecule has 1 aliphatic heterocycles. The van der Waals surface area contributed by atoms with Crippen LogP contribution in [0.2, 0.25) is 0 Å². The first-order chi connectivity index (χ1) is 8.70. The zero-order valence-electron chi connectivity index (χ0n) is 10.3. The van der Waals surface area contributed by atoms with E-state index in [2.05, 4.69) is 4.98 Å². The first kappa shape index (κ1) is 12.8. The normalized spacial score (nSPS) is 18.8. The molecule has 1 saturated heterocycles. The lowest BCUT2D eigenvalue weighted by atomic mass is 10.2. The molecule has 0 spiro atoms. The van der Waals surface area contributed by atoms with Gasteiger partial charge in [-0.15, -0.1) is 0 Å². The largest absolute Gasteiger partial charge is 0.465 e. The van der Waals surface area contributed by atoms with E-state index in [0.717, 1.165) is 12.8 Å². The van der Waals surface area contributed by atoms with Crippen molar-refractivity contribution in [3.05, 3.63) is 28.4 Å². The van der Waals surface area contributed by atoms with Crippen molar-refractivity contribution in [2.24, 2.45) is 0 Å². The van der Waals surface area contributed by atoms with Crippen LogP contribution in [0, 0.1) is 0 Å². The predicted molar refractivity (Wildman–Crippen MR) is 63.1 cm³/mol.